The van der Waals surface area contributed by atoms with Crippen LogP contribution in [0.4, 0.5) is 0 Å². The summed E-state index contributed by atoms with van der Waals surface area (Å²) in [5.41, 5.74) is 1.71. The first kappa shape index (κ1) is 13.2. The molecule has 0 amide bonds. The van der Waals surface area contributed by atoms with E-state index < -0.39 is 0 Å². The zero-order valence-electron chi connectivity index (χ0n) is 11.8. The van der Waals surface area contributed by atoms with E-state index in [1.807, 2.05) is 0 Å². The van der Waals surface area contributed by atoms with Gasteiger partial charge < -0.3 is 4.90 Å². The molecule has 0 aromatic rings. The standard InChI is InChI=1S/C15H26BN/c1-10(2)9-17(15(16)11(3)4)14-6-5-12-7-13(12)8-14/h5,10-11,13-15H,6-9H2,1-4H3/t13-,14-,15?/m0/s1. The molecular weight excluding hydrogens is 205 g/mol. The average molecular weight is 231 g/mol. The number of fused-ring (bicyclic) bond motifs is 1. The molecule has 3 atom stereocenters. The molecule has 0 aromatic carbocycles. The highest BCUT2D eigenvalue weighted by Crippen LogP contribution is 2.46. The highest BCUT2D eigenvalue weighted by Gasteiger charge is 2.38. The third kappa shape index (κ3) is 3.16. The molecule has 1 unspecified atom stereocenters. The molecule has 94 valence electrons. The molecule has 0 bridgehead atoms. The summed E-state index contributed by atoms with van der Waals surface area (Å²) < 4.78 is 0. The molecule has 2 aliphatic carbocycles. The van der Waals surface area contributed by atoms with Gasteiger partial charge in [-0.3, -0.25) is 0 Å². The van der Waals surface area contributed by atoms with Crippen molar-refractivity contribution in [2.45, 2.75) is 58.9 Å². The molecule has 17 heavy (non-hydrogen) atoms. The predicted octanol–water partition coefficient (Wildman–Crippen LogP) is 3.20. The van der Waals surface area contributed by atoms with Gasteiger partial charge in [0, 0.05) is 12.6 Å². The van der Waals surface area contributed by atoms with Crippen LogP contribution in [0, 0.1) is 17.8 Å². The Morgan fingerprint density at radius 3 is 2.59 bits per heavy atom. The normalized spacial score (nSPS) is 29.5. The van der Waals surface area contributed by atoms with E-state index >= 15 is 0 Å². The number of hydrogen-bond acceptors (Lipinski definition) is 1. The van der Waals surface area contributed by atoms with E-state index in [1.165, 1.54) is 19.3 Å². The lowest BCUT2D eigenvalue weighted by Crippen LogP contribution is -2.48. The molecule has 1 nitrogen and oxygen atoms in total. The predicted molar refractivity (Wildman–Crippen MR) is 75.1 cm³/mol. The summed E-state index contributed by atoms with van der Waals surface area (Å²) in [6.45, 7) is 10.2. The minimum absolute atomic E-state index is 0.219. The Bertz CT molecular complexity index is 295. The lowest BCUT2D eigenvalue weighted by atomic mass is 9.81. The zero-order valence-corrected chi connectivity index (χ0v) is 11.8. The first-order chi connectivity index (χ1) is 7.99. The van der Waals surface area contributed by atoms with Crippen LogP contribution >= 0.6 is 0 Å². The fourth-order valence-electron chi connectivity index (χ4n) is 3.01. The van der Waals surface area contributed by atoms with Gasteiger partial charge in [-0.2, -0.15) is 0 Å². The van der Waals surface area contributed by atoms with Gasteiger partial charge in [-0.15, -0.1) is 0 Å². The van der Waals surface area contributed by atoms with Gasteiger partial charge in [-0.1, -0.05) is 39.3 Å². The number of hydrogen-bond donors (Lipinski definition) is 0. The molecule has 0 aromatic heterocycles. The van der Waals surface area contributed by atoms with E-state index in [2.05, 4.69) is 38.7 Å². The van der Waals surface area contributed by atoms with Gasteiger partial charge in [0.2, 0.25) is 0 Å². The van der Waals surface area contributed by atoms with Crippen LogP contribution in [0.3, 0.4) is 0 Å². The lowest BCUT2D eigenvalue weighted by molar-refractivity contribution is 0.121. The largest absolute Gasteiger partial charge is 0.305 e. The van der Waals surface area contributed by atoms with Crippen LogP contribution in [0.5, 0.6) is 0 Å². The molecule has 1 fully saturated rings. The Kier molecular flexibility index (Phi) is 4.02. The quantitative estimate of drug-likeness (QED) is 0.518. The van der Waals surface area contributed by atoms with Crippen molar-refractivity contribution < 1.29 is 0 Å². The van der Waals surface area contributed by atoms with Crippen LogP contribution in [-0.2, 0) is 0 Å². The highest BCUT2D eigenvalue weighted by molar-refractivity contribution is 6.11. The van der Waals surface area contributed by atoms with Crippen LogP contribution in [0.2, 0.25) is 0 Å². The minimum atomic E-state index is 0.219. The monoisotopic (exact) mass is 231 g/mol. The van der Waals surface area contributed by atoms with Crippen LogP contribution in [0.25, 0.3) is 0 Å². The van der Waals surface area contributed by atoms with Gasteiger partial charge in [0.05, 0.1) is 7.85 Å². The fourth-order valence-corrected chi connectivity index (χ4v) is 3.01. The molecule has 2 heteroatoms. The van der Waals surface area contributed by atoms with Gasteiger partial charge in [-0.05, 0) is 43.0 Å². The smallest absolute Gasteiger partial charge is 0.0914 e. The van der Waals surface area contributed by atoms with Crippen molar-refractivity contribution >= 4 is 7.85 Å². The van der Waals surface area contributed by atoms with E-state index in [-0.39, 0.29) is 5.94 Å². The van der Waals surface area contributed by atoms with Crippen molar-refractivity contribution in [3.8, 4) is 0 Å². The van der Waals surface area contributed by atoms with E-state index in [4.69, 9.17) is 7.85 Å². The molecule has 1 saturated carbocycles. The summed E-state index contributed by atoms with van der Waals surface area (Å²) in [4.78, 5) is 2.57. The van der Waals surface area contributed by atoms with Crippen molar-refractivity contribution in [1.82, 2.24) is 4.90 Å². The maximum Gasteiger partial charge on any atom is 0.0914 e. The Morgan fingerprint density at radius 1 is 1.35 bits per heavy atom. The van der Waals surface area contributed by atoms with E-state index in [9.17, 15) is 0 Å². The van der Waals surface area contributed by atoms with E-state index in [0.717, 1.165) is 12.5 Å². The van der Waals surface area contributed by atoms with Crippen molar-refractivity contribution in [3.05, 3.63) is 11.6 Å². The van der Waals surface area contributed by atoms with Crippen LogP contribution in [0.15, 0.2) is 11.6 Å². The van der Waals surface area contributed by atoms with Gasteiger partial charge in [0.1, 0.15) is 0 Å². The molecule has 0 spiro atoms. The SMILES string of the molecule is [B]C(C(C)C)N(CC(C)C)[C@H]1CC=C2C[C@H]2C1. The van der Waals surface area contributed by atoms with Gasteiger partial charge >= 0.3 is 0 Å². The summed E-state index contributed by atoms with van der Waals surface area (Å²) in [7, 11) is 6.40. The second-order valence-electron chi connectivity index (χ2n) is 6.63. The molecular formula is C15H26BN. The molecule has 0 heterocycles. The first-order valence-electron chi connectivity index (χ1n) is 7.19. The Labute approximate surface area is 108 Å². The van der Waals surface area contributed by atoms with E-state index in [1.54, 1.807) is 5.57 Å². The highest BCUT2D eigenvalue weighted by atomic mass is 15.2. The van der Waals surface area contributed by atoms with Gasteiger partial charge in [0.15, 0.2) is 0 Å². The minimum Gasteiger partial charge on any atom is -0.305 e. The van der Waals surface area contributed by atoms with Crippen LogP contribution in [-0.4, -0.2) is 31.3 Å². The second-order valence-corrected chi connectivity index (χ2v) is 6.63. The first-order valence-corrected chi connectivity index (χ1v) is 7.19. The molecule has 0 saturated heterocycles. The zero-order chi connectivity index (χ0) is 12.6. The maximum atomic E-state index is 6.40. The summed E-state index contributed by atoms with van der Waals surface area (Å²) >= 11 is 0. The van der Waals surface area contributed by atoms with Crippen molar-refractivity contribution in [2.24, 2.45) is 17.8 Å². The second kappa shape index (κ2) is 5.18. The van der Waals surface area contributed by atoms with Crippen molar-refractivity contribution in [1.29, 1.82) is 0 Å². The van der Waals surface area contributed by atoms with Crippen LogP contribution < -0.4 is 0 Å². The van der Waals surface area contributed by atoms with Crippen LogP contribution in [0.1, 0.15) is 47.0 Å². The Morgan fingerprint density at radius 2 is 2.06 bits per heavy atom. The van der Waals surface area contributed by atoms with Gasteiger partial charge in [0.25, 0.3) is 0 Å². The molecule has 2 radical (unpaired) electrons. The summed E-state index contributed by atoms with van der Waals surface area (Å²) in [5.74, 6) is 2.36. The average Bonchev–Trinajstić information content (AvgIpc) is 3.02. The fraction of sp³-hybridized carbons (Fsp3) is 0.867. The topological polar surface area (TPSA) is 3.24 Å². The summed E-state index contributed by atoms with van der Waals surface area (Å²) in [6.07, 6.45) is 6.40. The molecule has 0 aliphatic heterocycles. The van der Waals surface area contributed by atoms with Crippen molar-refractivity contribution in [2.75, 3.05) is 6.54 Å². The van der Waals surface area contributed by atoms with E-state index in [0.29, 0.717) is 17.9 Å². The number of nitrogens with zero attached hydrogens (tertiary/aromatic N) is 1. The van der Waals surface area contributed by atoms with Crippen molar-refractivity contribution in [3.63, 3.8) is 0 Å². The third-order valence-corrected chi connectivity index (χ3v) is 4.17. The summed E-state index contributed by atoms with van der Waals surface area (Å²) in [5, 5.41) is 0. The molecule has 2 rings (SSSR count). The Balaban J connectivity index is 2.01. The third-order valence-electron chi connectivity index (χ3n) is 4.17. The maximum absolute atomic E-state index is 6.40. The molecule has 2 aliphatic rings. The lowest BCUT2D eigenvalue weighted by Gasteiger charge is -2.40. The number of allylic oxidation sites excluding steroid dienone is 1. The summed E-state index contributed by atoms with van der Waals surface area (Å²) in [6, 6.07) is 0.686. The molecule has 0 N–H and O–H groups in total. The Hall–Kier alpha value is -0.235. The number of rotatable bonds is 5. The van der Waals surface area contributed by atoms with Gasteiger partial charge in [-0.25, -0.2) is 0 Å².